The minimum Gasteiger partial charge on any atom is -0.480 e. The molecule has 0 aliphatic carbocycles. The number of fused-ring (bicyclic) bond motifs is 1. The lowest BCUT2D eigenvalue weighted by Gasteiger charge is -2.08. The summed E-state index contributed by atoms with van der Waals surface area (Å²) in [6.07, 6.45) is 1.72. The van der Waals surface area contributed by atoms with Crippen molar-refractivity contribution in [2.24, 2.45) is 0 Å². The molecule has 100 valence electrons. The molecule has 1 aromatic carbocycles. The Morgan fingerprint density at radius 3 is 2.95 bits per heavy atom. The van der Waals surface area contributed by atoms with Crippen LogP contribution in [0.3, 0.4) is 0 Å². The molecule has 1 aromatic heterocycles. The zero-order valence-corrected chi connectivity index (χ0v) is 10.2. The Kier molecular flexibility index (Phi) is 3.37. The second kappa shape index (κ2) is 4.97. The average molecular weight is 263 g/mol. The Labute approximate surface area is 108 Å². The van der Waals surface area contributed by atoms with Crippen molar-refractivity contribution in [3.8, 4) is 0 Å². The zero-order valence-electron chi connectivity index (χ0n) is 10.2. The Balaban J connectivity index is 2.31. The van der Waals surface area contributed by atoms with Crippen molar-refractivity contribution in [1.29, 1.82) is 0 Å². The van der Waals surface area contributed by atoms with Gasteiger partial charge in [0.05, 0.1) is 0 Å². The molecule has 0 aliphatic rings. The quantitative estimate of drug-likeness (QED) is 0.555. The number of rotatable bonds is 5. The van der Waals surface area contributed by atoms with Crippen LogP contribution in [-0.2, 0) is 11.2 Å². The van der Waals surface area contributed by atoms with Gasteiger partial charge in [-0.2, -0.15) is 0 Å². The molecule has 0 saturated carbocycles. The van der Waals surface area contributed by atoms with Crippen molar-refractivity contribution in [3.05, 3.63) is 45.6 Å². The fourth-order valence-electron chi connectivity index (χ4n) is 2.00. The van der Waals surface area contributed by atoms with E-state index in [4.69, 9.17) is 5.11 Å². The van der Waals surface area contributed by atoms with Crippen LogP contribution in [0, 0.1) is 17.0 Å². The fourth-order valence-corrected chi connectivity index (χ4v) is 2.00. The molecule has 0 aliphatic heterocycles. The van der Waals surface area contributed by atoms with Gasteiger partial charge in [0, 0.05) is 23.5 Å². The van der Waals surface area contributed by atoms with Gasteiger partial charge in [-0.1, -0.05) is 11.6 Å². The van der Waals surface area contributed by atoms with E-state index in [0.29, 0.717) is 0 Å². The summed E-state index contributed by atoms with van der Waals surface area (Å²) in [5.74, 6) is -1.25. The molecule has 0 bridgehead atoms. The number of aryl methyl sites for hydroxylation is 1. The minimum atomic E-state index is -1.26. The highest BCUT2D eigenvalue weighted by Crippen LogP contribution is 2.21. The zero-order chi connectivity index (χ0) is 14.0. The molecule has 0 unspecified atom stereocenters. The van der Waals surface area contributed by atoms with Crippen molar-refractivity contribution in [2.75, 3.05) is 0 Å². The molecule has 1 heterocycles. The highest BCUT2D eigenvalue weighted by atomic mass is 16.7. The van der Waals surface area contributed by atoms with Crippen LogP contribution in [0.15, 0.2) is 24.4 Å². The van der Waals surface area contributed by atoms with Crippen molar-refractivity contribution < 1.29 is 14.9 Å². The third kappa shape index (κ3) is 2.82. The standard InChI is InChI=1S/C12H13N3O4/c1-7-2-3-10-9(4-7)8(6-13-10)5-11(12(16)17)14-15(18)19/h2-4,6,11,13-14H,5H2,1H3,(H,16,17)/t11-/m0/s1. The van der Waals surface area contributed by atoms with Crippen molar-refractivity contribution in [3.63, 3.8) is 0 Å². The monoisotopic (exact) mass is 263 g/mol. The summed E-state index contributed by atoms with van der Waals surface area (Å²) in [6, 6.07) is 4.50. The van der Waals surface area contributed by atoms with Crippen LogP contribution >= 0.6 is 0 Å². The van der Waals surface area contributed by atoms with Crippen LogP contribution in [-0.4, -0.2) is 27.1 Å². The maximum absolute atomic E-state index is 11.0. The number of aliphatic carboxylic acids is 1. The molecular weight excluding hydrogens is 250 g/mol. The van der Waals surface area contributed by atoms with Gasteiger partial charge in [-0.05, 0) is 24.6 Å². The predicted molar refractivity (Wildman–Crippen MR) is 68.3 cm³/mol. The minimum absolute atomic E-state index is 0.0414. The molecule has 2 rings (SSSR count). The first-order valence-corrected chi connectivity index (χ1v) is 5.67. The van der Waals surface area contributed by atoms with Crippen LogP contribution in [0.2, 0.25) is 0 Å². The molecule has 3 N–H and O–H groups in total. The van der Waals surface area contributed by atoms with Gasteiger partial charge in [-0.25, -0.2) is 14.9 Å². The number of nitro groups is 1. The van der Waals surface area contributed by atoms with E-state index in [-0.39, 0.29) is 6.42 Å². The lowest BCUT2D eigenvalue weighted by atomic mass is 10.0. The first-order valence-electron chi connectivity index (χ1n) is 5.67. The third-order valence-electron chi connectivity index (χ3n) is 2.91. The number of carbonyl (C=O) groups is 1. The number of carboxylic acids is 1. The van der Waals surface area contributed by atoms with Crippen LogP contribution in [0.1, 0.15) is 11.1 Å². The van der Waals surface area contributed by atoms with Gasteiger partial charge in [0.1, 0.15) is 0 Å². The number of hydrogen-bond donors (Lipinski definition) is 3. The van der Waals surface area contributed by atoms with E-state index in [9.17, 15) is 14.9 Å². The molecule has 1 atom stereocenters. The molecule has 7 heteroatoms. The van der Waals surface area contributed by atoms with Crippen LogP contribution < -0.4 is 5.43 Å². The highest BCUT2D eigenvalue weighted by molar-refractivity contribution is 5.85. The first kappa shape index (κ1) is 12.9. The average Bonchev–Trinajstić information content (AvgIpc) is 2.70. The number of hydrazine groups is 1. The smallest absolute Gasteiger partial charge is 0.332 e. The largest absolute Gasteiger partial charge is 0.480 e. The third-order valence-corrected chi connectivity index (χ3v) is 2.91. The van der Waals surface area contributed by atoms with Crippen molar-refractivity contribution >= 4 is 16.9 Å². The number of nitrogens with one attached hydrogen (secondary N) is 2. The maximum Gasteiger partial charge on any atom is 0.332 e. The predicted octanol–water partition coefficient (Wildman–Crippen LogP) is 1.25. The van der Waals surface area contributed by atoms with Gasteiger partial charge < -0.3 is 10.1 Å². The lowest BCUT2D eigenvalue weighted by molar-refractivity contribution is -0.548. The Morgan fingerprint density at radius 2 is 2.32 bits per heavy atom. The number of carboxylic acid groups (broad SMARTS) is 1. The summed E-state index contributed by atoms with van der Waals surface area (Å²) in [6.45, 7) is 1.93. The molecule has 7 nitrogen and oxygen atoms in total. The molecule has 19 heavy (non-hydrogen) atoms. The van der Waals surface area contributed by atoms with Crippen LogP contribution in [0.5, 0.6) is 0 Å². The number of aromatic amines is 1. The maximum atomic E-state index is 11.0. The number of benzene rings is 1. The summed E-state index contributed by atoms with van der Waals surface area (Å²) in [5, 5.41) is 19.4. The van der Waals surface area contributed by atoms with Crippen molar-refractivity contribution in [1.82, 2.24) is 10.4 Å². The van der Waals surface area contributed by atoms with Gasteiger partial charge >= 0.3 is 5.97 Å². The summed E-state index contributed by atoms with van der Waals surface area (Å²) in [7, 11) is 0. The van der Waals surface area contributed by atoms with Crippen molar-refractivity contribution in [2.45, 2.75) is 19.4 Å². The summed E-state index contributed by atoms with van der Waals surface area (Å²) < 4.78 is 0. The lowest BCUT2D eigenvalue weighted by Crippen LogP contribution is -2.41. The SMILES string of the molecule is Cc1ccc2[nH]cc(C[C@H](N[N+](=O)[O-])C(=O)O)c2c1. The van der Waals surface area contributed by atoms with Gasteiger partial charge in [0.25, 0.3) is 0 Å². The first-order chi connectivity index (χ1) is 8.97. The second-order valence-electron chi connectivity index (χ2n) is 4.34. The van der Waals surface area contributed by atoms with E-state index in [2.05, 4.69) is 4.98 Å². The van der Waals surface area contributed by atoms with Gasteiger partial charge in [0.2, 0.25) is 0 Å². The topological polar surface area (TPSA) is 108 Å². The van der Waals surface area contributed by atoms with E-state index in [1.807, 2.05) is 25.1 Å². The molecule has 0 radical (unpaired) electrons. The Morgan fingerprint density at radius 1 is 1.58 bits per heavy atom. The molecule has 0 saturated heterocycles. The normalized spacial score (nSPS) is 12.3. The molecule has 0 fully saturated rings. The Bertz CT molecular complexity index is 635. The van der Waals surface area contributed by atoms with Crippen LogP contribution in [0.25, 0.3) is 10.9 Å². The second-order valence-corrected chi connectivity index (χ2v) is 4.34. The highest BCUT2D eigenvalue weighted by Gasteiger charge is 2.23. The summed E-state index contributed by atoms with van der Waals surface area (Å²) in [4.78, 5) is 24.4. The fraction of sp³-hybridized carbons (Fsp3) is 0.250. The van der Waals surface area contributed by atoms with E-state index in [0.717, 1.165) is 22.0 Å². The molecule has 2 aromatic rings. The number of H-pyrrole nitrogens is 1. The van der Waals surface area contributed by atoms with Gasteiger partial charge in [0.15, 0.2) is 11.1 Å². The van der Waals surface area contributed by atoms with Gasteiger partial charge in [-0.15, -0.1) is 5.43 Å². The molecule has 0 amide bonds. The Hall–Kier alpha value is -2.57. The molecule has 0 spiro atoms. The summed E-state index contributed by atoms with van der Waals surface area (Å²) in [5.41, 5.74) is 4.47. The number of hydrogen-bond acceptors (Lipinski definition) is 3. The van der Waals surface area contributed by atoms with E-state index in [1.165, 1.54) is 0 Å². The number of aromatic nitrogens is 1. The van der Waals surface area contributed by atoms with E-state index < -0.39 is 17.0 Å². The van der Waals surface area contributed by atoms with E-state index >= 15 is 0 Å². The summed E-state index contributed by atoms with van der Waals surface area (Å²) >= 11 is 0. The van der Waals surface area contributed by atoms with E-state index in [1.54, 1.807) is 11.6 Å². The molecular formula is C12H13N3O4. The van der Waals surface area contributed by atoms with Crippen LogP contribution in [0.4, 0.5) is 0 Å². The van der Waals surface area contributed by atoms with Gasteiger partial charge in [-0.3, -0.25) is 0 Å². The number of nitrogens with zero attached hydrogens (tertiary/aromatic N) is 1.